The predicted octanol–water partition coefficient (Wildman–Crippen LogP) is -2.66. The number of nitrogens with two attached hydrogens (primary N) is 2. The molecule has 66 heavy (non-hydrogen) atoms. The highest BCUT2D eigenvalue weighted by Crippen LogP contribution is 2.20. The fourth-order valence-corrected chi connectivity index (χ4v) is 6.75. The summed E-state index contributed by atoms with van der Waals surface area (Å²) < 4.78 is 0. The van der Waals surface area contributed by atoms with Gasteiger partial charge in [-0.05, 0) is 54.5 Å². The monoisotopic (exact) mass is 914 g/mol. The molecule has 353 valence electrons. The number of aliphatic hydroxyl groups is 1. The average molecular weight is 915 g/mol. The molecule has 4 rings (SSSR count). The number of rotatable bonds is 26. The van der Waals surface area contributed by atoms with Crippen molar-refractivity contribution in [2.24, 2.45) is 27.4 Å². The van der Waals surface area contributed by atoms with Crippen molar-refractivity contribution in [2.45, 2.75) is 88.6 Å². The molecule has 0 fully saturated rings. The van der Waals surface area contributed by atoms with Crippen LogP contribution >= 0.6 is 0 Å². The van der Waals surface area contributed by atoms with Crippen LogP contribution in [0.15, 0.2) is 64.7 Å². The Morgan fingerprint density at radius 1 is 0.818 bits per heavy atom. The van der Waals surface area contributed by atoms with Gasteiger partial charge in [0.15, 0.2) is 5.96 Å². The van der Waals surface area contributed by atoms with E-state index in [9.17, 15) is 48.6 Å². The van der Waals surface area contributed by atoms with Crippen LogP contribution < -0.4 is 48.7 Å². The van der Waals surface area contributed by atoms with Crippen LogP contribution in [0.3, 0.4) is 0 Å². The molecule has 0 unspecified atom stereocenters. The number of aliphatic hydroxyl groups excluding tert-OH is 1. The van der Waals surface area contributed by atoms with Crippen LogP contribution in [0.25, 0.3) is 10.9 Å². The zero-order chi connectivity index (χ0) is 48.3. The summed E-state index contributed by atoms with van der Waals surface area (Å²) in [7, 11) is 0. The third-order valence-corrected chi connectivity index (χ3v) is 10.2. The van der Waals surface area contributed by atoms with Gasteiger partial charge in [0.2, 0.25) is 41.7 Å². The van der Waals surface area contributed by atoms with E-state index in [-0.39, 0.29) is 62.0 Å². The highest BCUT2D eigenvalue weighted by molar-refractivity contribution is 6.44. The van der Waals surface area contributed by atoms with Crippen LogP contribution in [-0.2, 0) is 51.2 Å². The number of phenolic OH excluding ortho intramolecular Hbond substituents is 1. The lowest BCUT2D eigenvalue weighted by molar-refractivity contribution is -0.135. The van der Waals surface area contributed by atoms with Gasteiger partial charge in [0.25, 0.3) is 5.91 Å². The van der Waals surface area contributed by atoms with Crippen molar-refractivity contribution in [2.75, 3.05) is 19.7 Å². The molecular weight excluding hydrogens is 859 g/mol. The van der Waals surface area contributed by atoms with Gasteiger partial charge >= 0.3 is 0 Å². The van der Waals surface area contributed by atoms with Gasteiger partial charge in [0.1, 0.15) is 42.0 Å². The largest absolute Gasteiger partial charge is 0.508 e. The Morgan fingerprint density at radius 2 is 1.47 bits per heavy atom. The SMILES string of the molecule is CC(C)C[C@H](NC(=O)CNC(=O)[C@H](Cc1ccc(O)cc1)NC(=O)[C@H](CO)NC(=O)[C@H](Cc1c[nH]c2ccccc12)NC(=O)[C@@H](N)CC1=NC=NC1=O)C(=O)N[C@H]([C]=O)CCCNC(=N)N. The quantitative estimate of drug-likeness (QED) is 0.0223. The maximum Gasteiger partial charge on any atom is 0.292 e. The van der Waals surface area contributed by atoms with Crippen LogP contribution in [0.5, 0.6) is 5.75 Å². The number of aliphatic imine (C=N–C) groups is 2. The van der Waals surface area contributed by atoms with E-state index in [2.05, 4.69) is 52.2 Å². The Hall–Kier alpha value is -7.53. The number of carbonyl (C=O) groups is 7. The first-order chi connectivity index (χ1) is 31.5. The van der Waals surface area contributed by atoms with Gasteiger partial charge in [-0.1, -0.05) is 44.2 Å². The zero-order valence-electron chi connectivity index (χ0n) is 36.4. The molecule has 0 bridgehead atoms. The maximum atomic E-state index is 13.9. The summed E-state index contributed by atoms with van der Waals surface area (Å²) in [5.41, 5.74) is 13.1. The third kappa shape index (κ3) is 15.9. The molecular formula is C43H56N13O10. The van der Waals surface area contributed by atoms with E-state index in [1.165, 1.54) is 24.3 Å². The Balaban J connectivity index is 1.46. The predicted molar refractivity (Wildman–Crippen MR) is 241 cm³/mol. The molecule has 6 atom stereocenters. The van der Waals surface area contributed by atoms with Crippen LogP contribution in [0.4, 0.5) is 0 Å². The minimum Gasteiger partial charge on any atom is -0.508 e. The molecule has 1 aliphatic rings. The van der Waals surface area contributed by atoms with Crippen LogP contribution in [0.1, 0.15) is 50.7 Å². The van der Waals surface area contributed by atoms with Crippen molar-refractivity contribution in [3.63, 3.8) is 0 Å². The molecule has 3 aromatic rings. The molecule has 2 aromatic carbocycles. The second-order valence-electron chi connectivity index (χ2n) is 15.9. The van der Waals surface area contributed by atoms with Crippen molar-refractivity contribution in [3.05, 3.63) is 65.9 Å². The van der Waals surface area contributed by atoms with Crippen molar-refractivity contribution >= 4 is 76.5 Å². The van der Waals surface area contributed by atoms with Gasteiger partial charge in [-0.15, -0.1) is 0 Å². The highest BCUT2D eigenvalue weighted by atomic mass is 16.3. The van der Waals surface area contributed by atoms with Gasteiger partial charge in [-0.2, -0.15) is 4.99 Å². The lowest BCUT2D eigenvalue weighted by Gasteiger charge is -2.25. The number of fused-ring (bicyclic) bond motifs is 1. The van der Waals surface area contributed by atoms with Gasteiger partial charge in [-0.25, -0.2) is 4.99 Å². The molecule has 0 spiro atoms. The summed E-state index contributed by atoms with van der Waals surface area (Å²) in [4.78, 5) is 115. The molecule has 23 heteroatoms. The Bertz CT molecular complexity index is 2300. The second-order valence-corrected chi connectivity index (χ2v) is 15.9. The number of aromatic amines is 1. The number of nitrogens with zero attached hydrogens (tertiary/aromatic N) is 2. The number of aromatic nitrogens is 1. The van der Waals surface area contributed by atoms with E-state index in [1.807, 2.05) is 19.9 Å². The van der Waals surface area contributed by atoms with E-state index < -0.39 is 90.8 Å². The van der Waals surface area contributed by atoms with Gasteiger partial charge in [0.05, 0.1) is 25.2 Å². The second kappa shape index (κ2) is 25.1. The van der Waals surface area contributed by atoms with Crippen LogP contribution in [0, 0.1) is 11.3 Å². The van der Waals surface area contributed by atoms with Crippen molar-refractivity contribution in [1.29, 1.82) is 5.41 Å². The van der Waals surface area contributed by atoms with E-state index in [1.54, 1.807) is 30.7 Å². The first-order valence-electron chi connectivity index (χ1n) is 21.0. The lowest BCUT2D eigenvalue weighted by atomic mass is 10.0. The van der Waals surface area contributed by atoms with Crippen molar-refractivity contribution < 1.29 is 48.6 Å². The normalized spacial score (nSPS) is 14.7. The Kier molecular flexibility index (Phi) is 19.4. The fraction of sp³-hybridized carbons (Fsp3) is 0.419. The molecule has 1 radical (unpaired) electrons. The summed E-state index contributed by atoms with van der Waals surface area (Å²) in [5.74, 6) is -6.14. The number of aromatic hydroxyl groups is 1. The molecule has 1 aliphatic heterocycles. The smallest absolute Gasteiger partial charge is 0.292 e. The molecule has 0 saturated heterocycles. The van der Waals surface area contributed by atoms with Gasteiger partial charge in [-0.3, -0.25) is 43.8 Å². The van der Waals surface area contributed by atoms with E-state index in [0.29, 0.717) is 17.5 Å². The van der Waals surface area contributed by atoms with Crippen LogP contribution in [-0.4, -0.2) is 137 Å². The number of para-hydroxylation sites is 1. The molecule has 2 heterocycles. The standard InChI is InChI=1S/C43H56N13O10/c1-23(2)14-32(40(64)52-26(20-57)6-5-13-47-43(45)46)53-36(60)19-49-39(63)33(15-24-9-11-27(59)12-10-24)55-42(66)35(21-58)56-41(65)34(16-25-18-48-30-8-4-3-7-28(25)30)54-37(61)29(44)17-31-38(62)51-22-50-31/h3-4,7-12,18,22-23,26,29,32-35,48,58-59H,5-6,13-17,19,21,44H2,1-2H3,(H,49,63)(H,52,64)(H,53,60)(H,54,61)(H,55,66)(H,56,65)(H4,45,46,47)/t26-,29-,32-,33-,34-,35-/m0/s1. The first kappa shape index (κ1) is 51.1. The summed E-state index contributed by atoms with van der Waals surface area (Å²) in [6.07, 6.45) is 4.57. The fourth-order valence-electron chi connectivity index (χ4n) is 6.75. The summed E-state index contributed by atoms with van der Waals surface area (Å²) in [6, 6.07) is 4.95. The molecule has 23 nitrogen and oxygen atoms in total. The zero-order valence-corrected chi connectivity index (χ0v) is 36.4. The van der Waals surface area contributed by atoms with Crippen molar-refractivity contribution in [3.8, 4) is 5.75 Å². The van der Waals surface area contributed by atoms with E-state index in [0.717, 1.165) is 17.2 Å². The Morgan fingerprint density at radius 3 is 2.12 bits per heavy atom. The number of benzene rings is 2. The topological polar surface area (TPSA) is 378 Å². The minimum atomic E-state index is -1.68. The molecule has 7 amide bonds. The maximum absolute atomic E-state index is 13.9. The summed E-state index contributed by atoms with van der Waals surface area (Å²) in [5, 5.41) is 45.8. The lowest BCUT2D eigenvalue weighted by Crippen LogP contribution is -2.59. The third-order valence-electron chi connectivity index (χ3n) is 10.2. The number of phenols is 1. The van der Waals surface area contributed by atoms with Crippen molar-refractivity contribution in [1.82, 2.24) is 42.2 Å². The summed E-state index contributed by atoms with van der Waals surface area (Å²) in [6.45, 7) is 2.29. The van der Waals surface area contributed by atoms with E-state index >= 15 is 0 Å². The average Bonchev–Trinajstić information content (AvgIpc) is 3.89. The number of nitrogens with one attached hydrogen (secondary N) is 9. The first-order valence-corrected chi connectivity index (χ1v) is 21.0. The van der Waals surface area contributed by atoms with Gasteiger partial charge < -0.3 is 63.9 Å². The minimum absolute atomic E-state index is 0.0480. The number of carbonyl (C=O) groups excluding carboxylic acids is 8. The molecule has 0 aliphatic carbocycles. The van der Waals surface area contributed by atoms with Gasteiger partial charge in [0, 0.05) is 42.9 Å². The molecule has 15 N–H and O–H groups in total. The number of hydrogen-bond donors (Lipinski definition) is 13. The molecule has 0 saturated carbocycles. The van der Waals surface area contributed by atoms with Crippen LogP contribution in [0.2, 0.25) is 0 Å². The summed E-state index contributed by atoms with van der Waals surface area (Å²) >= 11 is 0. The highest BCUT2D eigenvalue weighted by Gasteiger charge is 2.32. The molecule has 1 aromatic heterocycles. The number of hydrogen-bond acceptors (Lipinski definition) is 13. The van der Waals surface area contributed by atoms with E-state index in [4.69, 9.17) is 16.9 Å². The number of H-pyrrole nitrogens is 1. The number of guanidine groups is 1. The number of amides is 7. The Labute approximate surface area is 379 Å².